The molecule has 98 valence electrons. The Labute approximate surface area is 104 Å². The maximum absolute atomic E-state index is 10.6. The molecular weight excluding hydrogens is 214 g/mol. The lowest BCUT2D eigenvalue weighted by atomic mass is 9.70. The Hall–Kier alpha value is -0.770. The number of hydrogen-bond donors (Lipinski definition) is 3. The van der Waals surface area contributed by atoms with Gasteiger partial charge in [-0.2, -0.15) is 0 Å². The van der Waals surface area contributed by atoms with Crippen molar-refractivity contribution >= 4 is 5.96 Å². The second kappa shape index (κ2) is 4.84. The summed E-state index contributed by atoms with van der Waals surface area (Å²) in [4.78, 5) is 4.36. The molecule has 0 aromatic carbocycles. The van der Waals surface area contributed by atoms with Gasteiger partial charge in [0.05, 0.1) is 5.60 Å². The van der Waals surface area contributed by atoms with Gasteiger partial charge in [0.25, 0.3) is 0 Å². The second-order valence-electron chi connectivity index (χ2n) is 6.28. The Balaban J connectivity index is 1.86. The molecule has 0 amide bonds. The first kappa shape index (κ1) is 12.7. The zero-order valence-corrected chi connectivity index (χ0v) is 11.1. The highest BCUT2D eigenvalue weighted by molar-refractivity contribution is 5.80. The first-order valence-corrected chi connectivity index (χ1v) is 6.74. The van der Waals surface area contributed by atoms with Gasteiger partial charge in [0.15, 0.2) is 5.96 Å². The van der Waals surface area contributed by atoms with Crippen LogP contribution in [0.4, 0.5) is 0 Å². The van der Waals surface area contributed by atoms with Crippen LogP contribution >= 0.6 is 0 Å². The van der Waals surface area contributed by atoms with Crippen molar-refractivity contribution in [1.29, 1.82) is 0 Å². The highest BCUT2D eigenvalue weighted by Crippen LogP contribution is 2.40. The molecule has 0 bridgehead atoms. The summed E-state index contributed by atoms with van der Waals surface area (Å²) in [7, 11) is 0. The zero-order chi connectivity index (χ0) is 12.4. The number of nitrogens with zero attached hydrogens (tertiary/aromatic N) is 1. The molecule has 1 atom stereocenters. The second-order valence-corrected chi connectivity index (χ2v) is 6.28. The average Bonchev–Trinajstić information content (AvgIpc) is 2.26. The number of nitrogens with one attached hydrogen (secondary N) is 2. The first-order valence-electron chi connectivity index (χ1n) is 6.74. The van der Waals surface area contributed by atoms with Gasteiger partial charge in [0.2, 0.25) is 0 Å². The predicted molar refractivity (Wildman–Crippen MR) is 70.1 cm³/mol. The fraction of sp³-hybridized carbons (Fsp3) is 0.923. The van der Waals surface area contributed by atoms with Crippen molar-refractivity contribution in [1.82, 2.24) is 10.6 Å². The zero-order valence-electron chi connectivity index (χ0n) is 11.1. The quantitative estimate of drug-likeness (QED) is 0.680. The summed E-state index contributed by atoms with van der Waals surface area (Å²) >= 11 is 0. The van der Waals surface area contributed by atoms with Crippen LogP contribution in [0.25, 0.3) is 0 Å². The lowest BCUT2D eigenvalue weighted by Crippen LogP contribution is -2.51. The summed E-state index contributed by atoms with van der Waals surface area (Å²) in [6, 6.07) is 0. The molecule has 1 heterocycles. The Morgan fingerprint density at radius 1 is 1.35 bits per heavy atom. The molecule has 0 spiro atoms. The molecule has 0 aromatic rings. The van der Waals surface area contributed by atoms with Gasteiger partial charge in [-0.15, -0.1) is 0 Å². The largest absolute Gasteiger partial charge is 0.388 e. The van der Waals surface area contributed by atoms with E-state index in [1.165, 1.54) is 6.42 Å². The average molecular weight is 239 g/mol. The molecule has 4 nitrogen and oxygen atoms in total. The number of hydrogen-bond acceptors (Lipinski definition) is 4. The normalized spacial score (nSPS) is 32.5. The van der Waals surface area contributed by atoms with E-state index in [4.69, 9.17) is 0 Å². The number of aliphatic imine (C=N–C) groups is 1. The highest BCUT2D eigenvalue weighted by Gasteiger charge is 2.38. The van der Waals surface area contributed by atoms with Crippen LogP contribution in [-0.2, 0) is 0 Å². The fourth-order valence-electron chi connectivity index (χ4n) is 3.01. The predicted octanol–water partition coefficient (Wildman–Crippen LogP) is 1.26. The molecular formula is C13H25N3O. The van der Waals surface area contributed by atoms with Crippen molar-refractivity contribution < 1.29 is 5.11 Å². The molecule has 1 aliphatic carbocycles. The minimum atomic E-state index is -0.566. The lowest BCUT2D eigenvalue weighted by Gasteiger charge is -2.41. The fourth-order valence-corrected chi connectivity index (χ4v) is 3.01. The Morgan fingerprint density at radius 2 is 2.18 bits per heavy atom. The summed E-state index contributed by atoms with van der Waals surface area (Å²) in [6.07, 6.45) is 5.21. The smallest absolute Gasteiger partial charge is 0.191 e. The van der Waals surface area contributed by atoms with E-state index in [0.717, 1.165) is 44.7 Å². The van der Waals surface area contributed by atoms with Crippen LogP contribution in [0.5, 0.6) is 0 Å². The van der Waals surface area contributed by atoms with E-state index < -0.39 is 5.60 Å². The van der Waals surface area contributed by atoms with Crippen molar-refractivity contribution in [2.75, 3.05) is 19.6 Å². The molecule has 3 N–H and O–H groups in total. The van der Waals surface area contributed by atoms with Gasteiger partial charge < -0.3 is 15.7 Å². The Morgan fingerprint density at radius 3 is 2.82 bits per heavy atom. The highest BCUT2D eigenvalue weighted by atomic mass is 16.3. The van der Waals surface area contributed by atoms with E-state index >= 15 is 0 Å². The van der Waals surface area contributed by atoms with Gasteiger partial charge in [0, 0.05) is 19.6 Å². The summed E-state index contributed by atoms with van der Waals surface area (Å²) < 4.78 is 0. The molecule has 1 unspecified atom stereocenters. The summed E-state index contributed by atoms with van der Waals surface area (Å²) in [5.41, 5.74) is -0.306. The van der Waals surface area contributed by atoms with Crippen LogP contribution in [0.1, 0.15) is 46.0 Å². The summed E-state index contributed by atoms with van der Waals surface area (Å²) in [5, 5.41) is 17.1. The first-order chi connectivity index (χ1) is 7.99. The molecule has 2 aliphatic rings. The van der Waals surface area contributed by atoms with Gasteiger partial charge in [-0.1, -0.05) is 13.8 Å². The summed E-state index contributed by atoms with van der Waals surface area (Å²) in [6.45, 7) is 6.97. The minimum absolute atomic E-state index is 0.260. The number of rotatable bonds is 2. The Bertz CT molecular complexity index is 301. The van der Waals surface area contributed by atoms with E-state index in [2.05, 4.69) is 29.5 Å². The van der Waals surface area contributed by atoms with E-state index in [0.29, 0.717) is 6.54 Å². The van der Waals surface area contributed by atoms with Gasteiger partial charge in [-0.25, -0.2) is 0 Å². The van der Waals surface area contributed by atoms with E-state index in [-0.39, 0.29) is 5.41 Å². The monoisotopic (exact) mass is 239 g/mol. The third-order valence-electron chi connectivity index (χ3n) is 3.79. The van der Waals surface area contributed by atoms with Crippen LogP contribution in [0, 0.1) is 5.41 Å². The maximum atomic E-state index is 10.6. The van der Waals surface area contributed by atoms with Crippen LogP contribution in [-0.4, -0.2) is 36.3 Å². The van der Waals surface area contributed by atoms with Crippen molar-refractivity contribution in [3.63, 3.8) is 0 Å². The van der Waals surface area contributed by atoms with Crippen LogP contribution in [0.3, 0.4) is 0 Å². The molecule has 1 aliphatic heterocycles. The molecule has 4 heteroatoms. The molecule has 0 saturated heterocycles. The van der Waals surface area contributed by atoms with Crippen molar-refractivity contribution in [3.05, 3.63) is 0 Å². The molecule has 1 saturated carbocycles. The molecule has 17 heavy (non-hydrogen) atoms. The molecule has 0 radical (unpaired) electrons. The minimum Gasteiger partial charge on any atom is -0.388 e. The maximum Gasteiger partial charge on any atom is 0.191 e. The van der Waals surface area contributed by atoms with Gasteiger partial charge in [-0.3, -0.25) is 4.99 Å². The molecule has 1 fully saturated rings. The lowest BCUT2D eigenvalue weighted by molar-refractivity contribution is -0.0344. The SMILES string of the molecule is CC1(C)CCCC(O)(CNC2=NCCCN2)C1. The summed E-state index contributed by atoms with van der Waals surface area (Å²) in [5.74, 6) is 0.855. The van der Waals surface area contributed by atoms with Crippen LogP contribution in [0.15, 0.2) is 4.99 Å². The number of aliphatic hydroxyl groups is 1. The van der Waals surface area contributed by atoms with E-state index in [1.807, 2.05) is 0 Å². The topological polar surface area (TPSA) is 56.6 Å². The van der Waals surface area contributed by atoms with Gasteiger partial charge in [0.1, 0.15) is 0 Å². The van der Waals surface area contributed by atoms with Gasteiger partial charge in [-0.05, 0) is 37.5 Å². The third-order valence-corrected chi connectivity index (χ3v) is 3.79. The van der Waals surface area contributed by atoms with Gasteiger partial charge >= 0.3 is 0 Å². The number of guanidine groups is 1. The van der Waals surface area contributed by atoms with E-state index in [1.54, 1.807) is 0 Å². The van der Waals surface area contributed by atoms with Crippen molar-refractivity contribution in [2.24, 2.45) is 10.4 Å². The molecule has 0 aromatic heterocycles. The molecule has 2 rings (SSSR count). The van der Waals surface area contributed by atoms with Crippen molar-refractivity contribution in [2.45, 2.75) is 51.6 Å². The Kier molecular flexibility index (Phi) is 3.61. The van der Waals surface area contributed by atoms with Crippen LogP contribution < -0.4 is 10.6 Å². The standard InChI is InChI=1S/C13H25N3O/c1-12(2)5-3-6-13(17,9-12)10-16-11-14-7-4-8-15-11/h17H,3-10H2,1-2H3,(H2,14,15,16). The third kappa shape index (κ3) is 3.60. The van der Waals surface area contributed by atoms with E-state index in [9.17, 15) is 5.11 Å². The van der Waals surface area contributed by atoms with Crippen LogP contribution in [0.2, 0.25) is 0 Å². The van der Waals surface area contributed by atoms with Crippen molar-refractivity contribution in [3.8, 4) is 0 Å².